The molecule has 0 saturated carbocycles. The first-order valence-electron chi connectivity index (χ1n) is 10.6. The molecule has 3 rings (SSSR count). The summed E-state index contributed by atoms with van der Waals surface area (Å²) in [5.41, 5.74) is 1.74. The molecule has 35 heavy (non-hydrogen) atoms. The zero-order valence-corrected chi connectivity index (χ0v) is 20.8. The van der Waals surface area contributed by atoms with Gasteiger partial charge in [-0.2, -0.15) is 0 Å². The maximum Gasteiger partial charge on any atom is 0.263 e. The first-order valence-corrected chi connectivity index (χ1v) is 11.7. The number of carbonyl (C=O) groups is 1. The second kappa shape index (κ2) is 12.2. The summed E-state index contributed by atoms with van der Waals surface area (Å²) in [5.74, 6) is -3.00. The Morgan fingerprint density at radius 1 is 1.06 bits per heavy atom. The third kappa shape index (κ3) is 7.05. The molecule has 3 N–H and O–H groups in total. The summed E-state index contributed by atoms with van der Waals surface area (Å²) in [6.45, 7) is 2.00. The van der Waals surface area contributed by atoms with Gasteiger partial charge >= 0.3 is 0 Å². The second-order valence-corrected chi connectivity index (χ2v) is 8.68. The third-order valence-corrected chi connectivity index (χ3v) is 5.84. The number of halogens is 4. The molecule has 0 aliphatic carbocycles. The Bertz CT molecular complexity index is 1250. The second-order valence-electron chi connectivity index (χ2n) is 7.46. The van der Waals surface area contributed by atoms with Crippen LogP contribution in [-0.4, -0.2) is 21.8 Å². The fraction of sp³-hybridized carbons (Fsp3) is 0.160. The van der Waals surface area contributed by atoms with E-state index < -0.39 is 29.3 Å². The lowest BCUT2D eigenvalue weighted by Crippen LogP contribution is -2.35. The lowest BCUT2D eigenvalue weighted by atomic mass is 10.1. The standard InChI is InChI=1S/C25H21Cl2F2N3O2S/c1-2-4-21(15-9-12-17(26)18(27)13-15)31-23(33)14-7-10-16(11-8-14)30-25(35)32-24(34)22-19(28)5-3-6-20(22)29/h3,5-13,23,33H,2,4H2,1H3,(H2,30,32,34,35). The van der Waals surface area contributed by atoms with Crippen LogP contribution in [0, 0.1) is 11.6 Å². The number of nitrogens with zero attached hydrogens (tertiary/aromatic N) is 1. The lowest BCUT2D eigenvalue weighted by molar-refractivity contribution is 0.0969. The highest BCUT2D eigenvalue weighted by Crippen LogP contribution is 2.25. The average Bonchev–Trinajstić information content (AvgIpc) is 2.80. The van der Waals surface area contributed by atoms with E-state index >= 15 is 0 Å². The third-order valence-electron chi connectivity index (χ3n) is 4.90. The number of thiocarbonyl (C=S) groups is 1. The van der Waals surface area contributed by atoms with Gasteiger partial charge in [0.05, 0.1) is 10.0 Å². The van der Waals surface area contributed by atoms with Crippen LogP contribution in [0.1, 0.15) is 47.5 Å². The minimum absolute atomic E-state index is 0.145. The van der Waals surface area contributed by atoms with Gasteiger partial charge in [-0.05, 0) is 60.6 Å². The van der Waals surface area contributed by atoms with E-state index in [4.69, 9.17) is 35.4 Å². The Balaban J connectivity index is 1.68. The van der Waals surface area contributed by atoms with Crippen molar-refractivity contribution in [1.29, 1.82) is 0 Å². The molecule has 0 aromatic heterocycles. The van der Waals surface area contributed by atoms with E-state index in [9.17, 15) is 18.7 Å². The molecule has 3 aromatic carbocycles. The number of aliphatic hydroxyl groups excluding tert-OH is 1. The summed E-state index contributed by atoms with van der Waals surface area (Å²) in [7, 11) is 0. The van der Waals surface area contributed by atoms with E-state index in [0.717, 1.165) is 30.2 Å². The quantitative estimate of drug-likeness (QED) is 0.233. The molecule has 3 aromatic rings. The predicted molar refractivity (Wildman–Crippen MR) is 139 cm³/mol. The van der Waals surface area contributed by atoms with Gasteiger partial charge in [0.1, 0.15) is 17.2 Å². The number of hydrogen-bond acceptors (Lipinski definition) is 4. The van der Waals surface area contributed by atoms with Crippen molar-refractivity contribution in [2.75, 3.05) is 5.32 Å². The average molecular weight is 536 g/mol. The van der Waals surface area contributed by atoms with E-state index in [0.29, 0.717) is 33.4 Å². The van der Waals surface area contributed by atoms with Crippen molar-refractivity contribution in [3.05, 3.63) is 99.0 Å². The van der Waals surface area contributed by atoms with Crippen LogP contribution in [0.25, 0.3) is 0 Å². The smallest absolute Gasteiger partial charge is 0.263 e. The van der Waals surface area contributed by atoms with Gasteiger partial charge in [0, 0.05) is 17.0 Å². The Hall–Kier alpha value is -2.91. The highest BCUT2D eigenvalue weighted by molar-refractivity contribution is 7.80. The van der Waals surface area contributed by atoms with Crippen molar-refractivity contribution in [1.82, 2.24) is 5.32 Å². The van der Waals surface area contributed by atoms with Crippen LogP contribution >= 0.6 is 35.4 Å². The molecule has 0 bridgehead atoms. The first kappa shape index (κ1) is 26.7. The van der Waals surface area contributed by atoms with Crippen molar-refractivity contribution >= 4 is 57.8 Å². The molecule has 0 saturated heterocycles. The number of amides is 1. The Labute approximate surface area is 216 Å². The van der Waals surface area contributed by atoms with Gasteiger partial charge in [0.15, 0.2) is 11.3 Å². The molecular weight excluding hydrogens is 515 g/mol. The zero-order valence-electron chi connectivity index (χ0n) is 18.5. The van der Waals surface area contributed by atoms with E-state index in [1.165, 1.54) is 0 Å². The Morgan fingerprint density at radius 2 is 1.71 bits per heavy atom. The predicted octanol–water partition coefficient (Wildman–Crippen LogP) is 6.68. The number of hydrogen-bond donors (Lipinski definition) is 3. The molecule has 0 radical (unpaired) electrons. The largest absolute Gasteiger partial charge is 0.368 e. The van der Waals surface area contributed by atoms with Gasteiger partial charge in [-0.15, -0.1) is 0 Å². The van der Waals surface area contributed by atoms with Gasteiger partial charge < -0.3 is 10.4 Å². The molecule has 0 spiro atoms. The highest BCUT2D eigenvalue weighted by Gasteiger charge is 2.18. The molecule has 1 atom stereocenters. The van der Waals surface area contributed by atoms with Crippen molar-refractivity contribution < 1.29 is 18.7 Å². The number of rotatable bonds is 7. The van der Waals surface area contributed by atoms with Gasteiger partial charge in [0.2, 0.25) is 0 Å². The first-order chi connectivity index (χ1) is 16.7. The topological polar surface area (TPSA) is 73.7 Å². The molecule has 182 valence electrons. The van der Waals surface area contributed by atoms with Crippen LogP contribution in [0.4, 0.5) is 14.5 Å². The zero-order chi connectivity index (χ0) is 25.5. The number of aliphatic imine (C=N–C) groups is 1. The van der Waals surface area contributed by atoms with Gasteiger partial charge in [-0.3, -0.25) is 15.1 Å². The van der Waals surface area contributed by atoms with Crippen LogP contribution in [0.15, 0.2) is 65.7 Å². The number of benzene rings is 3. The molecule has 0 fully saturated rings. The molecule has 5 nitrogen and oxygen atoms in total. The summed E-state index contributed by atoms with van der Waals surface area (Å²) in [4.78, 5) is 16.6. The highest BCUT2D eigenvalue weighted by atomic mass is 35.5. The molecule has 0 aliphatic heterocycles. The Morgan fingerprint density at radius 3 is 2.31 bits per heavy atom. The fourth-order valence-electron chi connectivity index (χ4n) is 3.20. The number of anilines is 1. The van der Waals surface area contributed by atoms with Crippen LogP contribution in [-0.2, 0) is 0 Å². The number of carbonyl (C=O) groups excluding carboxylic acids is 1. The minimum atomic E-state index is -1.13. The molecule has 10 heteroatoms. The summed E-state index contributed by atoms with van der Waals surface area (Å²) in [6, 6.07) is 14.8. The summed E-state index contributed by atoms with van der Waals surface area (Å²) >= 11 is 17.2. The van der Waals surface area contributed by atoms with Crippen LogP contribution in [0.5, 0.6) is 0 Å². The van der Waals surface area contributed by atoms with Crippen molar-refractivity contribution in [3.63, 3.8) is 0 Å². The van der Waals surface area contributed by atoms with Crippen LogP contribution in [0.2, 0.25) is 10.0 Å². The monoisotopic (exact) mass is 535 g/mol. The van der Waals surface area contributed by atoms with Crippen molar-refractivity contribution in [2.24, 2.45) is 4.99 Å². The van der Waals surface area contributed by atoms with Crippen molar-refractivity contribution in [3.8, 4) is 0 Å². The Kier molecular flexibility index (Phi) is 9.28. The summed E-state index contributed by atoms with van der Waals surface area (Å²) in [5, 5.41) is 16.3. The summed E-state index contributed by atoms with van der Waals surface area (Å²) < 4.78 is 27.5. The van der Waals surface area contributed by atoms with E-state index in [1.807, 2.05) is 6.92 Å². The molecule has 0 heterocycles. The van der Waals surface area contributed by atoms with E-state index in [1.54, 1.807) is 42.5 Å². The minimum Gasteiger partial charge on any atom is -0.368 e. The van der Waals surface area contributed by atoms with Gasteiger partial charge in [-0.25, -0.2) is 8.78 Å². The molecular formula is C25H21Cl2F2N3O2S. The van der Waals surface area contributed by atoms with E-state index in [2.05, 4.69) is 15.6 Å². The van der Waals surface area contributed by atoms with Gasteiger partial charge in [0.25, 0.3) is 5.91 Å². The summed E-state index contributed by atoms with van der Waals surface area (Å²) in [6.07, 6.45) is 0.315. The molecule has 1 amide bonds. The molecule has 1 unspecified atom stereocenters. The van der Waals surface area contributed by atoms with Crippen LogP contribution < -0.4 is 10.6 Å². The lowest BCUT2D eigenvalue weighted by Gasteiger charge is -2.13. The maximum atomic E-state index is 13.8. The number of nitrogens with one attached hydrogen (secondary N) is 2. The van der Waals surface area contributed by atoms with Crippen LogP contribution in [0.3, 0.4) is 0 Å². The maximum absolute atomic E-state index is 13.8. The van der Waals surface area contributed by atoms with Gasteiger partial charge in [-0.1, -0.05) is 60.8 Å². The van der Waals surface area contributed by atoms with Crippen molar-refractivity contribution in [2.45, 2.75) is 26.0 Å². The number of aliphatic hydroxyl groups is 1. The fourth-order valence-corrected chi connectivity index (χ4v) is 3.71. The van der Waals surface area contributed by atoms with E-state index in [-0.39, 0.29) is 5.11 Å². The molecule has 0 aliphatic rings. The SMILES string of the molecule is CCCC(=NC(O)c1ccc(NC(=S)NC(=O)c2c(F)cccc2F)cc1)c1ccc(Cl)c(Cl)c1. The normalized spacial score (nSPS) is 12.2.